The predicted molar refractivity (Wildman–Crippen MR) is 56.5 cm³/mol. The maximum absolute atomic E-state index is 12.7. The van der Waals surface area contributed by atoms with E-state index in [0.717, 1.165) is 12.8 Å². The molecule has 2 rings (SSSR count). The minimum atomic E-state index is -4.33. The third kappa shape index (κ3) is 2.50. The van der Waals surface area contributed by atoms with Crippen LogP contribution in [-0.4, -0.2) is 35.7 Å². The number of amides is 2. The lowest BCUT2D eigenvalue weighted by Gasteiger charge is -2.33. The molecular weight excluding hydrogens is 233 g/mol. The van der Waals surface area contributed by atoms with E-state index in [1.807, 2.05) is 6.92 Å². The van der Waals surface area contributed by atoms with Gasteiger partial charge in [-0.25, -0.2) is 4.79 Å². The third-order valence-corrected chi connectivity index (χ3v) is 3.58. The number of rotatable bonds is 1. The first-order valence-electron chi connectivity index (χ1n) is 5.98. The number of piperidine rings is 1. The molecule has 0 spiro atoms. The van der Waals surface area contributed by atoms with Crippen molar-refractivity contribution in [2.45, 2.75) is 44.3 Å². The second-order valence-corrected chi connectivity index (χ2v) is 5.20. The first kappa shape index (κ1) is 12.5. The largest absolute Gasteiger partial charge is 0.411 e. The van der Waals surface area contributed by atoms with Crippen LogP contribution < -0.4 is 5.32 Å². The molecule has 1 unspecified atom stereocenters. The lowest BCUT2D eigenvalue weighted by Crippen LogP contribution is -2.54. The van der Waals surface area contributed by atoms with Crippen molar-refractivity contribution in [3.8, 4) is 0 Å². The first-order chi connectivity index (χ1) is 7.84. The summed E-state index contributed by atoms with van der Waals surface area (Å²) in [6.07, 6.45) is -2.41. The number of hydrogen-bond acceptors (Lipinski definition) is 1. The molecule has 1 saturated carbocycles. The minimum absolute atomic E-state index is 0.00559. The van der Waals surface area contributed by atoms with Gasteiger partial charge in [0.25, 0.3) is 0 Å². The fourth-order valence-electron chi connectivity index (χ4n) is 2.26. The summed E-state index contributed by atoms with van der Waals surface area (Å²) >= 11 is 0. The van der Waals surface area contributed by atoms with Crippen molar-refractivity contribution in [3.05, 3.63) is 0 Å². The molecule has 2 amide bonds. The van der Waals surface area contributed by atoms with Gasteiger partial charge in [0.1, 0.15) is 5.54 Å². The van der Waals surface area contributed by atoms with Crippen molar-refractivity contribution >= 4 is 6.03 Å². The van der Waals surface area contributed by atoms with Gasteiger partial charge in [-0.3, -0.25) is 0 Å². The molecule has 1 saturated heterocycles. The van der Waals surface area contributed by atoms with Gasteiger partial charge >= 0.3 is 12.2 Å². The van der Waals surface area contributed by atoms with E-state index in [9.17, 15) is 18.0 Å². The standard InChI is InChI=1S/C11H17F3N2O/c1-8-3-2-6-16(7-8)9(17)15-10(4-5-10)11(12,13)14/h8H,2-7H2,1H3,(H,15,17). The molecule has 3 nitrogen and oxygen atoms in total. The Balaban J connectivity index is 1.93. The van der Waals surface area contributed by atoms with E-state index in [-0.39, 0.29) is 12.8 Å². The van der Waals surface area contributed by atoms with E-state index in [1.165, 1.54) is 4.90 Å². The molecule has 0 aromatic carbocycles. The van der Waals surface area contributed by atoms with Crippen molar-refractivity contribution in [2.24, 2.45) is 5.92 Å². The summed E-state index contributed by atoms with van der Waals surface area (Å²) in [4.78, 5) is 13.3. The van der Waals surface area contributed by atoms with Gasteiger partial charge in [0.15, 0.2) is 0 Å². The van der Waals surface area contributed by atoms with Gasteiger partial charge in [-0.05, 0) is 31.6 Å². The quantitative estimate of drug-likeness (QED) is 0.762. The molecular formula is C11H17F3N2O. The van der Waals surface area contributed by atoms with E-state index >= 15 is 0 Å². The summed E-state index contributed by atoms with van der Waals surface area (Å²) in [5.74, 6) is 0.371. The van der Waals surface area contributed by atoms with Gasteiger partial charge in [0.05, 0.1) is 0 Å². The molecule has 6 heteroatoms. The van der Waals surface area contributed by atoms with E-state index in [4.69, 9.17) is 0 Å². The van der Waals surface area contributed by atoms with Crippen LogP contribution in [0.25, 0.3) is 0 Å². The highest BCUT2D eigenvalue weighted by molar-refractivity contribution is 5.76. The smallest absolute Gasteiger partial charge is 0.325 e. The van der Waals surface area contributed by atoms with Crippen molar-refractivity contribution in [3.63, 3.8) is 0 Å². The molecule has 1 aliphatic carbocycles. The number of likely N-dealkylation sites (tertiary alicyclic amines) is 1. The fraction of sp³-hybridized carbons (Fsp3) is 0.909. The lowest BCUT2D eigenvalue weighted by molar-refractivity contribution is -0.163. The van der Waals surface area contributed by atoms with Crippen LogP contribution in [0.15, 0.2) is 0 Å². The highest BCUT2D eigenvalue weighted by Crippen LogP contribution is 2.49. The zero-order valence-electron chi connectivity index (χ0n) is 9.81. The number of alkyl halides is 3. The zero-order chi connectivity index (χ0) is 12.7. The van der Waals surface area contributed by atoms with Gasteiger partial charge < -0.3 is 10.2 Å². The zero-order valence-corrected chi connectivity index (χ0v) is 9.81. The highest BCUT2D eigenvalue weighted by atomic mass is 19.4. The molecule has 2 aliphatic rings. The summed E-state index contributed by atoms with van der Waals surface area (Å²) in [5.41, 5.74) is -1.94. The summed E-state index contributed by atoms with van der Waals surface area (Å²) in [5, 5.41) is 2.16. The van der Waals surface area contributed by atoms with Crippen LogP contribution in [0, 0.1) is 5.92 Å². The van der Waals surface area contributed by atoms with Crippen LogP contribution in [0.1, 0.15) is 32.6 Å². The summed E-state index contributed by atoms with van der Waals surface area (Å²) in [7, 11) is 0. The van der Waals surface area contributed by atoms with Crippen LogP contribution in [-0.2, 0) is 0 Å². The van der Waals surface area contributed by atoms with Crippen LogP contribution >= 0.6 is 0 Å². The molecule has 1 heterocycles. The lowest BCUT2D eigenvalue weighted by atomic mass is 10.0. The highest BCUT2D eigenvalue weighted by Gasteiger charge is 2.64. The summed E-state index contributed by atoms with van der Waals surface area (Å²) in [6, 6.07) is -0.564. The second-order valence-electron chi connectivity index (χ2n) is 5.20. The summed E-state index contributed by atoms with van der Waals surface area (Å²) in [6.45, 7) is 3.12. The Hall–Kier alpha value is -0.940. The Morgan fingerprint density at radius 1 is 1.41 bits per heavy atom. The Morgan fingerprint density at radius 3 is 2.53 bits per heavy atom. The van der Waals surface area contributed by atoms with Crippen molar-refractivity contribution in [2.75, 3.05) is 13.1 Å². The topological polar surface area (TPSA) is 32.3 Å². The van der Waals surface area contributed by atoms with Crippen LogP contribution in [0.4, 0.5) is 18.0 Å². The number of nitrogens with zero attached hydrogens (tertiary/aromatic N) is 1. The maximum Gasteiger partial charge on any atom is 0.411 e. The Bertz CT molecular complexity index is 312. The van der Waals surface area contributed by atoms with E-state index in [0.29, 0.717) is 19.0 Å². The number of urea groups is 1. The van der Waals surface area contributed by atoms with Gasteiger partial charge in [0.2, 0.25) is 0 Å². The average Bonchev–Trinajstić information content (AvgIpc) is 2.98. The number of carbonyl (C=O) groups excluding carboxylic acids is 1. The van der Waals surface area contributed by atoms with Crippen LogP contribution in [0.3, 0.4) is 0 Å². The predicted octanol–water partition coefficient (Wildman–Crippen LogP) is 2.52. The average molecular weight is 250 g/mol. The minimum Gasteiger partial charge on any atom is -0.325 e. The number of carbonyl (C=O) groups is 1. The number of halogens is 3. The molecule has 98 valence electrons. The molecule has 1 N–H and O–H groups in total. The Labute approximate surface area is 98.3 Å². The monoisotopic (exact) mass is 250 g/mol. The molecule has 0 aromatic rings. The van der Waals surface area contributed by atoms with Crippen LogP contribution in [0.5, 0.6) is 0 Å². The van der Waals surface area contributed by atoms with Crippen molar-refractivity contribution < 1.29 is 18.0 Å². The van der Waals surface area contributed by atoms with Gasteiger partial charge in [0, 0.05) is 13.1 Å². The van der Waals surface area contributed by atoms with E-state index in [1.54, 1.807) is 0 Å². The fourth-order valence-corrected chi connectivity index (χ4v) is 2.26. The first-order valence-corrected chi connectivity index (χ1v) is 5.98. The molecule has 17 heavy (non-hydrogen) atoms. The summed E-state index contributed by atoms with van der Waals surface area (Å²) < 4.78 is 38.0. The SMILES string of the molecule is CC1CCCN(C(=O)NC2(C(F)(F)F)CC2)C1. The Kier molecular flexibility index (Phi) is 2.99. The van der Waals surface area contributed by atoms with Crippen molar-refractivity contribution in [1.29, 1.82) is 0 Å². The normalized spacial score (nSPS) is 27.8. The second kappa shape index (κ2) is 4.07. The molecule has 1 atom stereocenters. The molecule has 1 aliphatic heterocycles. The van der Waals surface area contributed by atoms with Crippen molar-refractivity contribution in [1.82, 2.24) is 10.2 Å². The molecule has 2 fully saturated rings. The van der Waals surface area contributed by atoms with Gasteiger partial charge in [-0.2, -0.15) is 13.2 Å². The van der Waals surface area contributed by atoms with Gasteiger partial charge in [-0.15, -0.1) is 0 Å². The van der Waals surface area contributed by atoms with Crippen LogP contribution in [0.2, 0.25) is 0 Å². The van der Waals surface area contributed by atoms with Gasteiger partial charge in [-0.1, -0.05) is 6.92 Å². The maximum atomic E-state index is 12.7. The molecule has 0 bridgehead atoms. The molecule has 0 radical (unpaired) electrons. The van der Waals surface area contributed by atoms with E-state index < -0.39 is 17.7 Å². The number of nitrogens with one attached hydrogen (secondary N) is 1. The third-order valence-electron chi connectivity index (χ3n) is 3.58. The number of hydrogen-bond donors (Lipinski definition) is 1. The van der Waals surface area contributed by atoms with E-state index in [2.05, 4.69) is 5.32 Å². The Morgan fingerprint density at radius 2 is 2.06 bits per heavy atom. The molecule has 0 aromatic heterocycles.